The summed E-state index contributed by atoms with van der Waals surface area (Å²) in [5.74, 6) is 0. The van der Waals surface area contributed by atoms with Crippen molar-refractivity contribution in [2.24, 2.45) is 0 Å². The maximum Gasteiger partial charge on any atom is 0.293 e. The van der Waals surface area contributed by atoms with E-state index in [0.29, 0.717) is 5.02 Å². The maximum absolute atomic E-state index is 10.8. The third-order valence-electron chi connectivity index (χ3n) is 3.07. The fourth-order valence-electron chi connectivity index (χ4n) is 1.85. The molecule has 5 nitrogen and oxygen atoms in total. The van der Waals surface area contributed by atoms with Crippen molar-refractivity contribution in [2.45, 2.75) is 24.9 Å². The lowest BCUT2D eigenvalue weighted by molar-refractivity contribution is -0.384. The Morgan fingerprint density at radius 1 is 1.53 bits per heavy atom. The molecule has 0 bridgehead atoms. The minimum atomic E-state index is -0.743. The van der Waals surface area contributed by atoms with Gasteiger partial charge in [0.2, 0.25) is 0 Å². The number of benzene rings is 1. The molecule has 0 spiro atoms. The minimum absolute atomic E-state index is 0.0691. The molecule has 2 N–H and O–H groups in total. The van der Waals surface area contributed by atoms with Crippen molar-refractivity contribution in [3.8, 4) is 0 Å². The molecule has 6 heteroatoms. The number of hydrogen-bond acceptors (Lipinski definition) is 4. The van der Waals surface area contributed by atoms with Crippen LogP contribution in [0.1, 0.15) is 19.3 Å². The smallest absolute Gasteiger partial charge is 0.293 e. The summed E-state index contributed by atoms with van der Waals surface area (Å²) < 4.78 is 0. The first-order valence-electron chi connectivity index (χ1n) is 5.41. The molecule has 1 aromatic rings. The van der Waals surface area contributed by atoms with Crippen molar-refractivity contribution >= 4 is 23.0 Å². The van der Waals surface area contributed by atoms with Crippen molar-refractivity contribution < 1.29 is 10.0 Å². The fourth-order valence-corrected chi connectivity index (χ4v) is 2.09. The normalized spacial score (nSPS) is 17.3. The van der Waals surface area contributed by atoms with E-state index in [1.807, 2.05) is 0 Å². The molecule has 0 radical (unpaired) electrons. The molecule has 0 unspecified atom stereocenters. The first kappa shape index (κ1) is 12.1. The van der Waals surface area contributed by atoms with Crippen LogP contribution < -0.4 is 5.32 Å². The van der Waals surface area contributed by atoms with Crippen LogP contribution >= 0.6 is 11.6 Å². The zero-order valence-corrected chi connectivity index (χ0v) is 9.91. The average Bonchev–Trinajstić information content (AvgIpc) is 2.24. The molecule has 92 valence electrons. The van der Waals surface area contributed by atoms with E-state index in [1.165, 1.54) is 12.1 Å². The summed E-state index contributed by atoms with van der Waals surface area (Å²) >= 11 is 5.91. The SMILES string of the molecule is O=[N+]([O-])c1cccc(Cl)c1NCC1(O)CCC1. The van der Waals surface area contributed by atoms with Crippen molar-refractivity contribution in [1.29, 1.82) is 0 Å². The van der Waals surface area contributed by atoms with Crippen LogP contribution in [0, 0.1) is 10.1 Å². The minimum Gasteiger partial charge on any atom is -0.388 e. The summed E-state index contributed by atoms with van der Waals surface area (Å²) in [6, 6.07) is 4.50. The third-order valence-corrected chi connectivity index (χ3v) is 3.38. The van der Waals surface area contributed by atoms with Gasteiger partial charge in [0.25, 0.3) is 5.69 Å². The summed E-state index contributed by atoms with van der Waals surface area (Å²) in [4.78, 5) is 10.3. The van der Waals surface area contributed by atoms with Gasteiger partial charge in [-0.05, 0) is 25.3 Å². The highest BCUT2D eigenvalue weighted by Crippen LogP contribution is 2.35. The lowest BCUT2D eigenvalue weighted by Crippen LogP contribution is -2.43. The van der Waals surface area contributed by atoms with Crippen LogP contribution in [0.15, 0.2) is 18.2 Å². The van der Waals surface area contributed by atoms with Gasteiger partial charge in [-0.15, -0.1) is 0 Å². The first-order chi connectivity index (χ1) is 8.02. The lowest BCUT2D eigenvalue weighted by atomic mass is 9.80. The van der Waals surface area contributed by atoms with Crippen molar-refractivity contribution in [1.82, 2.24) is 0 Å². The van der Waals surface area contributed by atoms with E-state index in [2.05, 4.69) is 5.32 Å². The van der Waals surface area contributed by atoms with Crippen molar-refractivity contribution in [3.63, 3.8) is 0 Å². The van der Waals surface area contributed by atoms with Crippen molar-refractivity contribution in [3.05, 3.63) is 33.3 Å². The number of nitro groups is 1. The Bertz CT molecular complexity index is 446. The Labute approximate surface area is 104 Å². The Morgan fingerprint density at radius 3 is 2.76 bits per heavy atom. The molecule has 1 saturated carbocycles. The second-order valence-electron chi connectivity index (χ2n) is 4.32. The maximum atomic E-state index is 10.8. The molecular formula is C11H13ClN2O3. The predicted molar refractivity (Wildman–Crippen MR) is 65.4 cm³/mol. The van der Waals surface area contributed by atoms with Gasteiger partial charge in [-0.25, -0.2) is 0 Å². The van der Waals surface area contributed by atoms with Gasteiger partial charge in [0.15, 0.2) is 0 Å². The third kappa shape index (κ3) is 2.50. The number of aliphatic hydroxyl groups is 1. The van der Waals surface area contributed by atoms with Gasteiger partial charge in [-0.1, -0.05) is 17.7 Å². The van der Waals surface area contributed by atoms with Gasteiger partial charge in [0, 0.05) is 12.6 Å². The lowest BCUT2D eigenvalue weighted by Gasteiger charge is -2.36. The van der Waals surface area contributed by atoms with E-state index in [9.17, 15) is 15.2 Å². The molecular weight excluding hydrogens is 244 g/mol. The summed E-state index contributed by atoms with van der Waals surface area (Å²) in [7, 11) is 0. The zero-order chi connectivity index (χ0) is 12.5. The number of anilines is 1. The molecule has 0 saturated heterocycles. The van der Waals surface area contributed by atoms with E-state index >= 15 is 0 Å². The standard InChI is InChI=1S/C11H13ClN2O3/c12-8-3-1-4-9(14(16)17)10(8)13-7-11(15)5-2-6-11/h1,3-4,13,15H,2,5-7H2. The number of halogens is 1. The fraction of sp³-hybridized carbons (Fsp3) is 0.455. The van der Waals surface area contributed by atoms with Crippen LogP contribution in [-0.2, 0) is 0 Å². The Kier molecular flexibility index (Phi) is 3.22. The van der Waals surface area contributed by atoms with Crippen LogP contribution in [-0.4, -0.2) is 22.2 Å². The summed E-state index contributed by atoms with van der Waals surface area (Å²) in [5, 5.41) is 23.9. The number of rotatable bonds is 4. The van der Waals surface area contributed by atoms with Crippen LogP contribution in [0.2, 0.25) is 5.02 Å². The summed E-state index contributed by atoms with van der Waals surface area (Å²) in [6.07, 6.45) is 2.43. The molecule has 1 aromatic carbocycles. The van der Waals surface area contributed by atoms with E-state index in [1.54, 1.807) is 6.07 Å². The van der Waals surface area contributed by atoms with Crippen LogP contribution in [0.4, 0.5) is 11.4 Å². The average molecular weight is 257 g/mol. The molecule has 2 rings (SSSR count). The molecule has 0 aliphatic heterocycles. The molecule has 0 heterocycles. The number of hydrogen-bond donors (Lipinski definition) is 2. The molecule has 1 fully saturated rings. The van der Waals surface area contributed by atoms with E-state index < -0.39 is 10.5 Å². The van der Waals surface area contributed by atoms with Gasteiger partial charge in [0.1, 0.15) is 5.69 Å². The van der Waals surface area contributed by atoms with E-state index in [0.717, 1.165) is 19.3 Å². The monoisotopic (exact) mass is 256 g/mol. The quantitative estimate of drug-likeness (QED) is 0.641. The highest BCUT2D eigenvalue weighted by molar-refractivity contribution is 6.33. The number of nitrogens with zero attached hydrogens (tertiary/aromatic N) is 1. The van der Waals surface area contributed by atoms with Gasteiger partial charge < -0.3 is 10.4 Å². The van der Waals surface area contributed by atoms with Gasteiger partial charge in [0.05, 0.1) is 15.5 Å². The van der Waals surface area contributed by atoms with Crippen molar-refractivity contribution in [2.75, 3.05) is 11.9 Å². The van der Waals surface area contributed by atoms with Gasteiger partial charge >= 0.3 is 0 Å². The molecule has 1 aliphatic rings. The number of nitro benzene ring substituents is 1. The second kappa shape index (κ2) is 4.50. The Hall–Kier alpha value is -1.33. The van der Waals surface area contributed by atoms with Crippen LogP contribution in [0.3, 0.4) is 0 Å². The highest BCUT2D eigenvalue weighted by atomic mass is 35.5. The Morgan fingerprint density at radius 2 is 2.24 bits per heavy atom. The topological polar surface area (TPSA) is 75.4 Å². The van der Waals surface area contributed by atoms with Gasteiger partial charge in [-0.3, -0.25) is 10.1 Å². The molecule has 0 atom stereocenters. The Balaban J connectivity index is 2.16. The molecule has 1 aliphatic carbocycles. The molecule has 17 heavy (non-hydrogen) atoms. The second-order valence-corrected chi connectivity index (χ2v) is 4.73. The largest absolute Gasteiger partial charge is 0.388 e. The van der Waals surface area contributed by atoms with E-state index in [-0.39, 0.29) is 17.9 Å². The first-order valence-corrected chi connectivity index (χ1v) is 5.79. The van der Waals surface area contributed by atoms with Gasteiger partial charge in [-0.2, -0.15) is 0 Å². The zero-order valence-electron chi connectivity index (χ0n) is 9.15. The predicted octanol–water partition coefficient (Wildman–Crippen LogP) is 2.58. The van der Waals surface area contributed by atoms with E-state index in [4.69, 9.17) is 11.6 Å². The number of para-hydroxylation sites is 1. The summed E-state index contributed by atoms with van der Waals surface area (Å²) in [5.41, 5.74) is -0.535. The van der Waals surface area contributed by atoms with Crippen LogP contribution in [0.5, 0.6) is 0 Å². The number of nitrogens with one attached hydrogen (secondary N) is 1. The summed E-state index contributed by atoms with van der Waals surface area (Å²) in [6.45, 7) is 0.289. The molecule has 0 amide bonds. The highest BCUT2D eigenvalue weighted by Gasteiger charge is 2.34. The van der Waals surface area contributed by atoms with Crippen LogP contribution in [0.25, 0.3) is 0 Å². The molecule has 0 aromatic heterocycles.